The standard InChI is InChI=1S/C72H40S2/c1-5-20-47-43(16-1)44-17-2-6-21-48(44)61-38-65-55-28-14-27-54(58-31-15-30-57-53-25-10-12-33-69(53)74-72(57)58)70(55)67-40-64-50-23-8-4-19-46(50)45-18-3-7-22-49(45)62(64)39-66(67)59-36-41(34-35-51(59)63(65)37-60(47)61)42-26-13-29-56-52-24-9-11-32-68(52)73-71(42)56/h1-40H. The number of hydrogen-bond acceptors (Lipinski definition) is 2. The molecular weight excluding hydrogens is 929 g/mol. The predicted molar refractivity (Wildman–Crippen MR) is 323 cm³/mol. The third-order valence-corrected chi connectivity index (χ3v) is 18.8. The van der Waals surface area contributed by atoms with E-state index in [1.54, 1.807) is 0 Å². The first kappa shape index (κ1) is 40.7. The number of rotatable bonds is 2. The zero-order chi connectivity index (χ0) is 48.2. The van der Waals surface area contributed by atoms with Crippen molar-refractivity contribution in [2.75, 3.05) is 0 Å². The van der Waals surface area contributed by atoms with Gasteiger partial charge in [-0.15, -0.1) is 22.7 Å². The SMILES string of the molecule is c1cc2c(c(-c3cccc4c3sc3ccccc34)c1)-c1cc3c4ccccc4c4ccccc4c3cc1-c1cc(-c3cccc4c3sc3ccccc34)ccc1-c1cc3c4ccccc4c4ccccc4c3cc1-2. The third-order valence-electron chi connectivity index (χ3n) is 16.4. The van der Waals surface area contributed by atoms with Crippen LogP contribution in [-0.4, -0.2) is 0 Å². The summed E-state index contributed by atoms with van der Waals surface area (Å²) >= 11 is 3.81. The van der Waals surface area contributed by atoms with Gasteiger partial charge in [0.15, 0.2) is 0 Å². The molecule has 1 aliphatic carbocycles. The van der Waals surface area contributed by atoms with E-state index in [1.165, 1.54) is 172 Å². The Bertz CT molecular complexity index is 5140. The van der Waals surface area contributed by atoms with E-state index in [1.807, 2.05) is 22.7 Å². The fraction of sp³-hybridized carbons (Fsp3) is 0. The predicted octanol–water partition coefficient (Wildman–Crippen LogP) is 21.7. The number of hydrogen-bond donors (Lipinski definition) is 0. The fourth-order valence-electron chi connectivity index (χ4n) is 13.2. The van der Waals surface area contributed by atoms with E-state index in [0.29, 0.717) is 0 Å². The van der Waals surface area contributed by atoms with Crippen LogP contribution in [0.5, 0.6) is 0 Å². The van der Waals surface area contributed by atoms with E-state index in [2.05, 4.69) is 243 Å². The summed E-state index contributed by atoms with van der Waals surface area (Å²) in [5.41, 5.74) is 14.9. The van der Waals surface area contributed by atoms with E-state index in [-0.39, 0.29) is 0 Å². The van der Waals surface area contributed by atoms with Gasteiger partial charge >= 0.3 is 0 Å². The van der Waals surface area contributed by atoms with Crippen molar-refractivity contribution in [3.8, 4) is 66.8 Å². The van der Waals surface area contributed by atoms with Gasteiger partial charge in [-0.1, -0.05) is 200 Å². The normalized spacial score (nSPS) is 12.3. The topological polar surface area (TPSA) is 0 Å². The van der Waals surface area contributed by atoms with Crippen LogP contribution in [0.25, 0.3) is 172 Å². The maximum absolute atomic E-state index is 2.57. The molecule has 0 nitrogen and oxygen atoms in total. The second-order valence-electron chi connectivity index (χ2n) is 20.1. The Balaban J connectivity index is 1.08. The Hall–Kier alpha value is -8.92. The van der Waals surface area contributed by atoms with Gasteiger partial charge < -0.3 is 0 Å². The second kappa shape index (κ2) is 15.3. The summed E-state index contributed by atoms with van der Waals surface area (Å²) in [6.07, 6.45) is 0. The molecule has 0 amide bonds. The zero-order valence-electron chi connectivity index (χ0n) is 39.9. The highest BCUT2D eigenvalue weighted by Gasteiger charge is 2.29. The molecule has 0 spiro atoms. The van der Waals surface area contributed by atoms with Crippen LogP contribution >= 0.6 is 22.7 Å². The molecule has 0 fully saturated rings. The number of fused-ring (bicyclic) bond motifs is 26. The molecular formula is C72H40S2. The second-order valence-corrected chi connectivity index (χ2v) is 22.2. The van der Waals surface area contributed by atoms with E-state index in [0.717, 1.165) is 0 Å². The summed E-state index contributed by atoms with van der Waals surface area (Å²) < 4.78 is 5.27. The van der Waals surface area contributed by atoms with Crippen LogP contribution in [0.3, 0.4) is 0 Å². The summed E-state index contributed by atoms with van der Waals surface area (Å²) in [6.45, 7) is 0. The quantitative estimate of drug-likeness (QED) is 0.151. The molecule has 0 unspecified atom stereocenters. The average molecular weight is 969 g/mol. The van der Waals surface area contributed by atoms with Gasteiger partial charge in [-0.25, -0.2) is 0 Å². The molecule has 1 aliphatic rings. The van der Waals surface area contributed by atoms with Gasteiger partial charge in [0.25, 0.3) is 0 Å². The van der Waals surface area contributed by atoms with Gasteiger partial charge in [0, 0.05) is 45.9 Å². The first-order valence-corrected chi connectivity index (χ1v) is 27.2. The molecule has 74 heavy (non-hydrogen) atoms. The van der Waals surface area contributed by atoms with Gasteiger partial charge in [-0.05, 0) is 168 Å². The average Bonchev–Trinajstić information content (AvgIpc) is 4.06. The summed E-state index contributed by atoms with van der Waals surface area (Å²) in [7, 11) is 0. The van der Waals surface area contributed by atoms with Crippen molar-refractivity contribution >= 4 is 128 Å². The Morgan fingerprint density at radius 2 is 0.500 bits per heavy atom. The minimum atomic E-state index is 1.22. The van der Waals surface area contributed by atoms with Crippen molar-refractivity contribution in [1.29, 1.82) is 0 Å². The fourth-order valence-corrected chi connectivity index (χ4v) is 15.6. The van der Waals surface area contributed by atoms with Crippen LogP contribution < -0.4 is 0 Å². The first-order chi connectivity index (χ1) is 36.7. The molecule has 2 heteroatoms. The van der Waals surface area contributed by atoms with Crippen LogP contribution in [0.15, 0.2) is 243 Å². The van der Waals surface area contributed by atoms with E-state index >= 15 is 0 Å². The Morgan fingerprint density at radius 3 is 1.00 bits per heavy atom. The molecule has 0 saturated heterocycles. The van der Waals surface area contributed by atoms with Crippen molar-refractivity contribution in [3.63, 3.8) is 0 Å². The lowest BCUT2D eigenvalue weighted by Gasteiger charge is -2.27. The number of thiophene rings is 2. The molecule has 2 heterocycles. The smallest absolute Gasteiger partial charge is 0.0434 e. The van der Waals surface area contributed by atoms with Crippen molar-refractivity contribution in [1.82, 2.24) is 0 Å². The highest BCUT2D eigenvalue weighted by atomic mass is 32.1. The minimum Gasteiger partial charge on any atom is -0.135 e. The summed E-state index contributed by atoms with van der Waals surface area (Å²) in [5.74, 6) is 0. The monoisotopic (exact) mass is 968 g/mol. The Kier molecular flexibility index (Phi) is 8.41. The molecule has 17 rings (SSSR count). The Morgan fingerprint density at radius 1 is 0.176 bits per heavy atom. The molecule has 0 aliphatic heterocycles. The van der Waals surface area contributed by atoms with Gasteiger partial charge in [0.05, 0.1) is 0 Å². The summed E-state index contributed by atoms with van der Waals surface area (Å²) in [5, 5.41) is 20.5. The third kappa shape index (κ3) is 5.61. The first-order valence-electron chi connectivity index (χ1n) is 25.6. The molecule has 0 saturated carbocycles. The molecule has 0 radical (unpaired) electrons. The lowest BCUT2D eigenvalue weighted by molar-refractivity contribution is 1.54. The molecule has 0 atom stereocenters. The van der Waals surface area contributed by atoms with Gasteiger partial charge in [0.2, 0.25) is 0 Å². The number of benzene rings is 14. The molecule has 16 aromatic rings. The maximum Gasteiger partial charge on any atom is 0.0434 e. The van der Waals surface area contributed by atoms with Crippen molar-refractivity contribution in [2.45, 2.75) is 0 Å². The van der Waals surface area contributed by atoms with Crippen LogP contribution in [0.1, 0.15) is 0 Å². The van der Waals surface area contributed by atoms with Gasteiger partial charge in [0.1, 0.15) is 0 Å². The van der Waals surface area contributed by atoms with Crippen molar-refractivity contribution < 1.29 is 0 Å². The molecule has 340 valence electrons. The molecule has 14 aromatic carbocycles. The lowest BCUT2D eigenvalue weighted by Crippen LogP contribution is -2.01. The Labute approximate surface area is 434 Å². The summed E-state index contributed by atoms with van der Waals surface area (Å²) in [6, 6.07) is 92.5. The highest BCUT2D eigenvalue weighted by Crippen LogP contribution is 2.56. The largest absolute Gasteiger partial charge is 0.135 e. The lowest BCUT2D eigenvalue weighted by atomic mass is 9.75. The van der Waals surface area contributed by atoms with Crippen LogP contribution in [0.4, 0.5) is 0 Å². The van der Waals surface area contributed by atoms with Gasteiger partial charge in [-0.3, -0.25) is 0 Å². The van der Waals surface area contributed by atoms with E-state index in [9.17, 15) is 0 Å². The van der Waals surface area contributed by atoms with Crippen LogP contribution in [0.2, 0.25) is 0 Å². The van der Waals surface area contributed by atoms with E-state index in [4.69, 9.17) is 0 Å². The highest BCUT2D eigenvalue weighted by molar-refractivity contribution is 7.26. The minimum absolute atomic E-state index is 1.22. The van der Waals surface area contributed by atoms with E-state index < -0.39 is 0 Å². The van der Waals surface area contributed by atoms with Crippen molar-refractivity contribution in [2.24, 2.45) is 0 Å². The van der Waals surface area contributed by atoms with Crippen LogP contribution in [-0.2, 0) is 0 Å². The summed E-state index contributed by atoms with van der Waals surface area (Å²) in [4.78, 5) is 0. The van der Waals surface area contributed by atoms with Crippen molar-refractivity contribution in [3.05, 3.63) is 243 Å². The zero-order valence-corrected chi connectivity index (χ0v) is 41.5. The molecule has 0 bridgehead atoms. The van der Waals surface area contributed by atoms with Gasteiger partial charge in [-0.2, -0.15) is 0 Å². The maximum atomic E-state index is 2.57. The molecule has 2 aromatic heterocycles. The van der Waals surface area contributed by atoms with Crippen LogP contribution in [0, 0.1) is 0 Å². The molecule has 0 N–H and O–H groups in total.